The Morgan fingerprint density at radius 3 is 2.78 bits per heavy atom. The fraction of sp³-hybridized carbons (Fsp3) is 0.556. The molecule has 1 aliphatic rings. The van der Waals surface area contributed by atoms with Gasteiger partial charge in [-0.3, -0.25) is 4.57 Å². The van der Waals surface area contributed by atoms with Gasteiger partial charge in [-0.1, -0.05) is 23.8 Å². The molecule has 0 aliphatic carbocycles. The van der Waals surface area contributed by atoms with Crippen LogP contribution in [-0.4, -0.2) is 38.0 Å². The number of rotatable bonds is 6. The third-order valence-corrected chi connectivity index (χ3v) is 5.90. The van der Waals surface area contributed by atoms with Gasteiger partial charge in [-0.15, -0.1) is 10.2 Å². The fourth-order valence-corrected chi connectivity index (χ4v) is 4.07. The minimum absolute atomic E-state index is 0.0139. The number of thioether (sulfide) groups is 1. The lowest BCUT2D eigenvalue weighted by atomic mass is 10.00. The maximum Gasteiger partial charge on any atom is 0.239 e. The molecule has 3 aromatic heterocycles. The van der Waals surface area contributed by atoms with Gasteiger partial charge in [-0.25, -0.2) is 0 Å². The van der Waals surface area contributed by atoms with E-state index in [4.69, 9.17) is 8.94 Å². The predicted molar refractivity (Wildman–Crippen MR) is 102 cm³/mol. The molecule has 0 bridgehead atoms. The smallest absolute Gasteiger partial charge is 0.239 e. The van der Waals surface area contributed by atoms with Crippen LogP contribution in [0.4, 0.5) is 5.95 Å². The monoisotopic (exact) mass is 388 g/mol. The van der Waals surface area contributed by atoms with Gasteiger partial charge < -0.3 is 13.8 Å². The summed E-state index contributed by atoms with van der Waals surface area (Å²) in [6.45, 7) is 8.76. The molecular weight excluding hydrogens is 364 g/mol. The topological polar surface area (TPSA) is 86.0 Å². The van der Waals surface area contributed by atoms with Gasteiger partial charge in [0.1, 0.15) is 5.76 Å². The highest BCUT2D eigenvalue weighted by Gasteiger charge is 2.25. The normalized spacial score (nSPS) is 16.8. The number of furan rings is 1. The first-order chi connectivity index (χ1) is 13.1. The molecule has 0 N–H and O–H groups in total. The van der Waals surface area contributed by atoms with Gasteiger partial charge in [-0.05, 0) is 44.7 Å². The molecule has 0 amide bonds. The highest BCUT2D eigenvalue weighted by atomic mass is 32.2. The van der Waals surface area contributed by atoms with Gasteiger partial charge in [0.25, 0.3) is 0 Å². The van der Waals surface area contributed by atoms with E-state index in [1.165, 1.54) is 12.8 Å². The molecule has 1 fully saturated rings. The minimum Gasteiger partial charge on any atom is -0.467 e. The first-order valence-corrected chi connectivity index (χ1v) is 10.2. The van der Waals surface area contributed by atoms with Crippen LogP contribution < -0.4 is 4.90 Å². The SMILES string of the molecule is Cc1noc(C(C)Sc2nnc(N3CCC(C)CC3)n2Cc2ccco2)n1. The quantitative estimate of drug-likeness (QED) is 0.591. The molecule has 0 aromatic carbocycles. The lowest BCUT2D eigenvalue weighted by Gasteiger charge is -2.31. The van der Waals surface area contributed by atoms with Crippen LogP contribution in [0.2, 0.25) is 0 Å². The van der Waals surface area contributed by atoms with Crippen molar-refractivity contribution >= 4 is 17.7 Å². The number of nitrogens with zero attached hydrogens (tertiary/aromatic N) is 6. The molecule has 27 heavy (non-hydrogen) atoms. The van der Waals surface area contributed by atoms with Crippen molar-refractivity contribution in [2.75, 3.05) is 18.0 Å². The molecule has 144 valence electrons. The predicted octanol–water partition coefficient (Wildman–Crippen LogP) is 3.70. The summed E-state index contributed by atoms with van der Waals surface area (Å²) in [5.41, 5.74) is 0. The van der Waals surface area contributed by atoms with Crippen molar-refractivity contribution in [2.45, 2.75) is 50.6 Å². The summed E-state index contributed by atoms with van der Waals surface area (Å²) in [7, 11) is 0. The third kappa shape index (κ3) is 4.02. The summed E-state index contributed by atoms with van der Waals surface area (Å²) in [6, 6.07) is 3.87. The lowest BCUT2D eigenvalue weighted by Crippen LogP contribution is -2.35. The van der Waals surface area contributed by atoms with Crippen LogP contribution in [0.1, 0.15) is 49.4 Å². The number of hydrogen-bond acceptors (Lipinski definition) is 8. The number of aryl methyl sites for hydroxylation is 1. The Morgan fingerprint density at radius 1 is 1.30 bits per heavy atom. The zero-order valence-corrected chi connectivity index (χ0v) is 16.6. The van der Waals surface area contributed by atoms with E-state index < -0.39 is 0 Å². The van der Waals surface area contributed by atoms with E-state index in [0.29, 0.717) is 18.3 Å². The number of anilines is 1. The third-order valence-electron chi connectivity index (χ3n) is 4.83. The zero-order chi connectivity index (χ0) is 18.8. The lowest BCUT2D eigenvalue weighted by molar-refractivity contribution is 0.376. The second-order valence-electron chi connectivity index (χ2n) is 7.06. The Morgan fingerprint density at radius 2 is 2.11 bits per heavy atom. The molecule has 1 atom stereocenters. The van der Waals surface area contributed by atoms with Gasteiger partial charge in [0.15, 0.2) is 11.0 Å². The summed E-state index contributed by atoms with van der Waals surface area (Å²) >= 11 is 1.57. The maximum absolute atomic E-state index is 5.57. The van der Waals surface area contributed by atoms with Gasteiger partial charge in [0.05, 0.1) is 18.1 Å². The van der Waals surface area contributed by atoms with Crippen LogP contribution in [0.25, 0.3) is 0 Å². The number of piperidine rings is 1. The van der Waals surface area contributed by atoms with Gasteiger partial charge in [-0.2, -0.15) is 4.98 Å². The van der Waals surface area contributed by atoms with Crippen LogP contribution in [0.3, 0.4) is 0 Å². The standard InChI is InChI=1S/C18H24N6O2S/c1-12-6-8-23(9-7-12)17-20-21-18(24(17)11-15-5-4-10-25-15)27-13(2)16-19-14(3)22-26-16/h4-5,10,12-13H,6-9,11H2,1-3H3. The van der Waals surface area contributed by atoms with E-state index in [2.05, 4.69) is 36.7 Å². The molecule has 0 spiro atoms. The Hall–Kier alpha value is -2.29. The van der Waals surface area contributed by atoms with E-state index in [1.807, 2.05) is 26.0 Å². The molecule has 4 heterocycles. The largest absolute Gasteiger partial charge is 0.467 e. The Labute approximate surface area is 162 Å². The fourth-order valence-electron chi connectivity index (χ4n) is 3.19. The van der Waals surface area contributed by atoms with Crippen LogP contribution in [0, 0.1) is 12.8 Å². The zero-order valence-electron chi connectivity index (χ0n) is 15.8. The summed E-state index contributed by atoms with van der Waals surface area (Å²) in [5.74, 6) is 3.77. The molecule has 0 radical (unpaired) electrons. The van der Waals surface area contributed by atoms with Gasteiger partial charge in [0.2, 0.25) is 11.8 Å². The van der Waals surface area contributed by atoms with Gasteiger partial charge in [0, 0.05) is 13.1 Å². The molecule has 8 nitrogen and oxygen atoms in total. The van der Waals surface area contributed by atoms with E-state index in [0.717, 1.165) is 35.9 Å². The molecule has 1 saturated heterocycles. The van der Waals surface area contributed by atoms with Crippen molar-refractivity contribution < 1.29 is 8.94 Å². The molecule has 0 saturated carbocycles. The molecule has 1 unspecified atom stereocenters. The van der Waals surface area contributed by atoms with Crippen molar-refractivity contribution in [1.82, 2.24) is 24.9 Å². The Kier molecular flexibility index (Phi) is 5.20. The van der Waals surface area contributed by atoms with E-state index in [1.54, 1.807) is 18.0 Å². The Balaban J connectivity index is 1.60. The van der Waals surface area contributed by atoms with Crippen molar-refractivity contribution in [3.05, 3.63) is 35.9 Å². The summed E-state index contributed by atoms with van der Waals surface area (Å²) in [6.07, 6.45) is 4.04. The Bertz CT molecular complexity index is 866. The highest BCUT2D eigenvalue weighted by Crippen LogP contribution is 2.35. The number of hydrogen-bond donors (Lipinski definition) is 0. The average Bonchev–Trinajstić information content (AvgIpc) is 3.39. The summed E-state index contributed by atoms with van der Waals surface area (Å²) < 4.78 is 13.0. The molecule has 4 rings (SSSR count). The van der Waals surface area contributed by atoms with E-state index in [-0.39, 0.29) is 5.25 Å². The second kappa shape index (κ2) is 7.75. The van der Waals surface area contributed by atoms with Crippen molar-refractivity contribution in [3.63, 3.8) is 0 Å². The molecule has 3 aromatic rings. The van der Waals surface area contributed by atoms with Gasteiger partial charge >= 0.3 is 0 Å². The van der Waals surface area contributed by atoms with Crippen LogP contribution in [0.15, 0.2) is 32.5 Å². The first-order valence-electron chi connectivity index (χ1n) is 9.27. The van der Waals surface area contributed by atoms with E-state index in [9.17, 15) is 0 Å². The first kappa shape index (κ1) is 18.1. The number of aromatic nitrogens is 5. The summed E-state index contributed by atoms with van der Waals surface area (Å²) in [5, 5.41) is 13.7. The van der Waals surface area contributed by atoms with Crippen LogP contribution >= 0.6 is 11.8 Å². The highest BCUT2D eigenvalue weighted by molar-refractivity contribution is 7.99. The molecule has 9 heteroatoms. The van der Waals surface area contributed by atoms with Crippen molar-refractivity contribution in [1.29, 1.82) is 0 Å². The minimum atomic E-state index is -0.0139. The molecule has 1 aliphatic heterocycles. The van der Waals surface area contributed by atoms with Crippen molar-refractivity contribution in [3.8, 4) is 0 Å². The van der Waals surface area contributed by atoms with Crippen LogP contribution in [-0.2, 0) is 6.54 Å². The summed E-state index contributed by atoms with van der Waals surface area (Å²) in [4.78, 5) is 6.65. The average molecular weight is 388 g/mol. The second-order valence-corrected chi connectivity index (χ2v) is 8.37. The van der Waals surface area contributed by atoms with Crippen LogP contribution in [0.5, 0.6) is 0 Å². The van der Waals surface area contributed by atoms with Crippen molar-refractivity contribution in [2.24, 2.45) is 5.92 Å². The molecular formula is C18H24N6O2S. The van der Waals surface area contributed by atoms with E-state index >= 15 is 0 Å². The maximum atomic E-state index is 5.57.